The first-order valence-corrected chi connectivity index (χ1v) is 11.5. The van der Waals surface area contributed by atoms with Gasteiger partial charge in [0.1, 0.15) is 0 Å². The second-order valence-corrected chi connectivity index (χ2v) is 9.61. The Labute approximate surface area is 139 Å². The van der Waals surface area contributed by atoms with E-state index in [1.807, 2.05) is 0 Å². The lowest BCUT2D eigenvalue weighted by molar-refractivity contribution is 0.0288. The van der Waals surface area contributed by atoms with Crippen LogP contribution in [0.25, 0.3) is 0 Å². The van der Waals surface area contributed by atoms with Gasteiger partial charge < -0.3 is 13.3 Å². The maximum Gasteiger partial charge on any atom is 0.500 e. The molecular formula is C18H38O3Si. The second-order valence-electron chi connectivity index (χ2n) is 6.69. The van der Waals surface area contributed by atoms with Gasteiger partial charge in [-0.05, 0) is 19.3 Å². The van der Waals surface area contributed by atoms with Crippen LogP contribution in [0.2, 0.25) is 6.04 Å². The topological polar surface area (TPSA) is 27.7 Å². The van der Waals surface area contributed by atoms with E-state index in [0.29, 0.717) is 6.10 Å². The van der Waals surface area contributed by atoms with Gasteiger partial charge >= 0.3 is 8.80 Å². The fourth-order valence-corrected chi connectivity index (χ4v) is 5.63. The summed E-state index contributed by atoms with van der Waals surface area (Å²) >= 11 is 0. The molecule has 22 heavy (non-hydrogen) atoms. The summed E-state index contributed by atoms with van der Waals surface area (Å²) in [5.41, 5.74) is 0. The minimum absolute atomic E-state index is 0.370. The van der Waals surface area contributed by atoms with Crippen molar-refractivity contribution in [2.75, 3.05) is 14.2 Å². The third-order valence-electron chi connectivity index (χ3n) is 4.86. The van der Waals surface area contributed by atoms with E-state index in [1.54, 1.807) is 14.2 Å². The highest BCUT2D eigenvalue weighted by Crippen LogP contribution is 2.29. The molecule has 1 heterocycles. The first kappa shape index (κ1) is 20.1. The van der Waals surface area contributed by atoms with E-state index in [0.717, 1.165) is 6.04 Å². The molecule has 0 aromatic heterocycles. The molecule has 1 fully saturated rings. The third kappa shape index (κ3) is 8.09. The predicted octanol–water partition coefficient (Wildman–Crippen LogP) is 5.71. The first-order chi connectivity index (χ1) is 10.8. The van der Waals surface area contributed by atoms with Crippen LogP contribution in [0.3, 0.4) is 0 Å². The van der Waals surface area contributed by atoms with Crippen LogP contribution in [0.5, 0.6) is 0 Å². The van der Waals surface area contributed by atoms with E-state index in [1.165, 1.54) is 83.5 Å². The maximum absolute atomic E-state index is 6.15. The highest BCUT2D eigenvalue weighted by Gasteiger charge is 2.43. The average molecular weight is 331 g/mol. The largest absolute Gasteiger partial charge is 0.500 e. The van der Waals surface area contributed by atoms with Crippen LogP contribution in [0.1, 0.15) is 90.4 Å². The van der Waals surface area contributed by atoms with Crippen LogP contribution < -0.4 is 0 Å². The molecule has 0 aromatic carbocycles. The van der Waals surface area contributed by atoms with Gasteiger partial charge in [-0.2, -0.15) is 0 Å². The molecule has 1 aliphatic heterocycles. The van der Waals surface area contributed by atoms with Gasteiger partial charge in [-0.15, -0.1) is 0 Å². The molecule has 0 N–H and O–H groups in total. The Morgan fingerprint density at radius 3 is 1.95 bits per heavy atom. The third-order valence-corrected chi connectivity index (χ3v) is 7.76. The minimum Gasteiger partial charge on any atom is -0.377 e. The van der Waals surface area contributed by atoms with Crippen molar-refractivity contribution < 1.29 is 13.3 Å². The summed E-state index contributed by atoms with van der Waals surface area (Å²) in [5, 5.41) is 0. The van der Waals surface area contributed by atoms with Crippen LogP contribution in [0.15, 0.2) is 0 Å². The van der Waals surface area contributed by atoms with E-state index in [4.69, 9.17) is 13.3 Å². The molecule has 1 aliphatic rings. The molecule has 0 aliphatic carbocycles. The molecule has 0 radical (unpaired) electrons. The second kappa shape index (κ2) is 12.5. The lowest BCUT2D eigenvalue weighted by Gasteiger charge is -2.35. The standard InChI is InChI=1S/C18H38O3Si/c1-4-5-6-7-8-9-10-11-12-13-15-18-16-14-17-22(19-2,20-3)21-18/h18H,4-17H2,1-3H3. The van der Waals surface area contributed by atoms with Gasteiger partial charge in [-0.25, -0.2) is 0 Å². The zero-order valence-electron chi connectivity index (χ0n) is 15.2. The van der Waals surface area contributed by atoms with Gasteiger partial charge in [0, 0.05) is 26.4 Å². The lowest BCUT2D eigenvalue weighted by atomic mass is 10.0. The van der Waals surface area contributed by atoms with Crippen molar-refractivity contribution in [3.05, 3.63) is 0 Å². The summed E-state index contributed by atoms with van der Waals surface area (Å²) in [6.45, 7) is 2.28. The van der Waals surface area contributed by atoms with Crippen molar-refractivity contribution >= 4 is 8.80 Å². The molecule has 132 valence electrons. The van der Waals surface area contributed by atoms with E-state index in [2.05, 4.69) is 6.92 Å². The molecule has 0 aromatic rings. The molecule has 0 spiro atoms. The van der Waals surface area contributed by atoms with Gasteiger partial charge in [0.15, 0.2) is 0 Å². The monoisotopic (exact) mass is 330 g/mol. The smallest absolute Gasteiger partial charge is 0.377 e. The summed E-state index contributed by atoms with van der Waals surface area (Å²) in [6, 6.07) is 0.981. The molecule has 4 heteroatoms. The molecule has 1 rings (SSSR count). The van der Waals surface area contributed by atoms with Crippen molar-refractivity contribution in [3.63, 3.8) is 0 Å². The van der Waals surface area contributed by atoms with Crippen LogP contribution in [-0.4, -0.2) is 29.1 Å². The van der Waals surface area contributed by atoms with E-state index in [-0.39, 0.29) is 0 Å². The summed E-state index contributed by atoms with van der Waals surface area (Å²) in [6.07, 6.45) is 17.8. The number of hydrogen-bond acceptors (Lipinski definition) is 3. The number of hydrogen-bond donors (Lipinski definition) is 0. The van der Waals surface area contributed by atoms with E-state index < -0.39 is 8.80 Å². The summed E-state index contributed by atoms with van der Waals surface area (Å²) in [7, 11) is 1.18. The Hall–Kier alpha value is 0.0969. The lowest BCUT2D eigenvalue weighted by Crippen LogP contribution is -2.49. The van der Waals surface area contributed by atoms with Crippen molar-refractivity contribution in [3.8, 4) is 0 Å². The minimum atomic E-state index is -2.29. The van der Waals surface area contributed by atoms with Crippen molar-refractivity contribution in [1.82, 2.24) is 0 Å². The highest BCUT2D eigenvalue weighted by molar-refractivity contribution is 6.60. The van der Waals surface area contributed by atoms with Gasteiger partial charge in [0.05, 0.1) is 0 Å². The Morgan fingerprint density at radius 2 is 1.41 bits per heavy atom. The van der Waals surface area contributed by atoms with E-state index in [9.17, 15) is 0 Å². The molecular weight excluding hydrogens is 292 g/mol. The normalized spacial score (nSPS) is 21.1. The fourth-order valence-electron chi connectivity index (χ4n) is 3.36. The van der Waals surface area contributed by atoms with Crippen LogP contribution in [-0.2, 0) is 13.3 Å². The summed E-state index contributed by atoms with van der Waals surface area (Å²) in [4.78, 5) is 0. The molecule has 3 nitrogen and oxygen atoms in total. The molecule has 1 unspecified atom stereocenters. The molecule has 1 saturated heterocycles. The Balaban J connectivity index is 1.96. The molecule has 0 bridgehead atoms. The van der Waals surface area contributed by atoms with Crippen LogP contribution in [0.4, 0.5) is 0 Å². The summed E-state index contributed by atoms with van der Waals surface area (Å²) < 4.78 is 17.3. The van der Waals surface area contributed by atoms with Gasteiger partial charge in [0.25, 0.3) is 0 Å². The predicted molar refractivity (Wildman–Crippen MR) is 95.1 cm³/mol. The molecule has 1 atom stereocenters. The van der Waals surface area contributed by atoms with E-state index >= 15 is 0 Å². The van der Waals surface area contributed by atoms with Gasteiger partial charge in [-0.3, -0.25) is 0 Å². The zero-order chi connectivity index (χ0) is 16.1. The Bertz CT molecular complexity index is 257. The number of rotatable bonds is 13. The van der Waals surface area contributed by atoms with Crippen molar-refractivity contribution in [1.29, 1.82) is 0 Å². The summed E-state index contributed by atoms with van der Waals surface area (Å²) in [5.74, 6) is 0. The Kier molecular flexibility index (Phi) is 11.5. The Morgan fingerprint density at radius 1 is 0.864 bits per heavy atom. The SMILES string of the molecule is CCCCCCCCCCCCC1CCC[Si](OC)(OC)O1. The quantitative estimate of drug-likeness (QED) is 0.320. The van der Waals surface area contributed by atoms with Crippen LogP contribution in [0, 0.1) is 0 Å². The fraction of sp³-hybridized carbons (Fsp3) is 1.00. The molecule has 0 saturated carbocycles. The van der Waals surface area contributed by atoms with Crippen molar-refractivity contribution in [2.24, 2.45) is 0 Å². The first-order valence-electron chi connectivity index (χ1n) is 9.54. The van der Waals surface area contributed by atoms with Gasteiger partial charge in [-0.1, -0.05) is 71.1 Å². The highest BCUT2D eigenvalue weighted by atomic mass is 28.4. The molecule has 0 amide bonds. The average Bonchev–Trinajstić information content (AvgIpc) is 2.56. The zero-order valence-corrected chi connectivity index (χ0v) is 16.2. The van der Waals surface area contributed by atoms with Crippen LogP contribution >= 0.6 is 0 Å². The van der Waals surface area contributed by atoms with Gasteiger partial charge in [0.2, 0.25) is 0 Å². The van der Waals surface area contributed by atoms with Crippen molar-refractivity contribution in [2.45, 2.75) is 103 Å². The number of unbranched alkanes of at least 4 members (excludes halogenated alkanes) is 9. The maximum atomic E-state index is 6.15.